The van der Waals surface area contributed by atoms with Crippen LogP contribution in [-0.2, 0) is 19.0 Å². The van der Waals surface area contributed by atoms with Gasteiger partial charge in [0.25, 0.3) is 0 Å². The van der Waals surface area contributed by atoms with Gasteiger partial charge in [-0.1, -0.05) is 0 Å². The van der Waals surface area contributed by atoms with Gasteiger partial charge in [0.15, 0.2) is 11.9 Å². The minimum absolute atomic E-state index is 0.189. The second kappa shape index (κ2) is 6.21. The lowest BCUT2D eigenvalue weighted by Crippen LogP contribution is -2.53. The van der Waals surface area contributed by atoms with Crippen LogP contribution in [0.4, 0.5) is 0 Å². The van der Waals surface area contributed by atoms with E-state index in [1.165, 1.54) is 13.8 Å². The van der Waals surface area contributed by atoms with Crippen LogP contribution < -0.4 is 0 Å². The molecule has 0 bridgehead atoms. The van der Waals surface area contributed by atoms with Gasteiger partial charge in [0.2, 0.25) is 0 Å². The number of rotatable bonds is 5. The first kappa shape index (κ1) is 19.6. The van der Waals surface area contributed by atoms with Crippen LogP contribution in [0.25, 0.3) is 0 Å². The molecule has 2 fully saturated rings. The molecule has 2 saturated heterocycles. The van der Waals surface area contributed by atoms with Crippen LogP contribution in [0.5, 0.6) is 0 Å². The SMILES string of the molecule is CCOC(=O)[C@H](O)[C@]1(C)CC[C@H]([C@]2(C)CCC(O)(C(C)(C)O)O2)O1. The zero-order chi connectivity index (χ0) is 18.4. The third-order valence-corrected chi connectivity index (χ3v) is 5.40. The molecule has 2 rings (SSSR count). The number of esters is 1. The van der Waals surface area contributed by atoms with Gasteiger partial charge in [-0.2, -0.15) is 0 Å². The van der Waals surface area contributed by atoms with Gasteiger partial charge in [0.1, 0.15) is 11.2 Å². The summed E-state index contributed by atoms with van der Waals surface area (Å²) >= 11 is 0. The predicted molar refractivity (Wildman–Crippen MR) is 85.1 cm³/mol. The maximum absolute atomic E-state index is 11.8. The third-order valence-electron chi connectivity index (χ3n) is 5.40. The summed E-state index contributed by atoms with van der Waals surface area (Å²) in [4.78, 5) is 11.8. The molecular formula is C17H30O7. The molecule has 2 aliphatic rings. The predicted octanol–water partition coefficient (Wildman–Crippen LogP) is 0.877. The van der Waals surface area contributed by atoms with E-state index in [0.29, 0.717) is 19.3 Å². The Morgan fingerprint density at radius 2 is 1.96 bits per heavy atom. The van der Waals surface area contributed by atoms with E-state index in [0.717, 1.165) is 0 Å². The summed E-state index contributed by atoms with van der Waals surface area (Å²) < 4.78 is 16.7. The van der Waals surface area contributed by atoms with Crippen molar-refractivity contribution in [2.24, 2.45) is 0 Å². The number of carbonyl (C=O) groups is 1. The van der Waals surface area contributed by atoms with Gasteiger partial charge in [-0.15, -0.1) is 0 Å². The number of aliphatic hydroxyl groups excluding tert-OH is 1. The summed E-state index contributed by atoms with van der Waals surface area (Å²) in [5.41, 5.74) is -3.27. The Morgan fingerprint density at radius 1 is 1.33 bits per heavy atom. The number of aliphatic hydroxyl groups is 3. The minimum Gasteiger partial charge on any atom is -0.464 e. The summed E-state index contributed by atoms with van der Waals surface area (Å²) in [6.45, 7) is 8.37. The highest BCUT2D eigenvalue weighted by Crippen LogP contribution is 2.49. The second-order valence-electron chi connectivity index (χ2n) is 7.87. The smallest absolute Gasteiger partial charge is 0.337 e. The number of hydrogen-bond donors (Lipinski definition) is 3. The molecule has 0 saturated carbocycles. The summed E-state index contributed by atoms with van der Waals surface area (Å²) in [5, 5.41) is 31.0. The molecule has 0 radical (unpaired) electrons. The molecule has 1 unspecified atom stereocenters. The average Bonchev–Trinajstić information content (AvgIpc) is 3.02. The lowest BCUT2D eigenvalue weighted by Gasteiger charge is -2.39. The van der Waals surface area contributed by atoms with Crippen molar-refractivity contribution in [2.45, 2.75) is 95.1 Å². The maximum Gasteiger partial charge on any atom is 0.337 e. The van der Waals surface area contributed by atoms with E-state index in [4.69, 9.17) is 14.2 Å². The van der Waals surface area contributed by atoms with Crippen LogP contribution in [-0.4, -0.2) is 62.7 Å². The topological polar surface area (TPSA) is 105 Å². The van der Waals surface area contributed by atoms with E-state index < -0.39 is 40.8 Å². The Morgan fingerprint density at radius 3 is 2.46 bits per heavy atom. The molecule has 0 aromatic carbocycles. The third kappa shape index (κ3) is 3.32. The van der Waals surface area contributed by atoms with Crippen LogP contribution in [0.3, 0.4) is 0 Å². The fourth-order valence-corrected chi connectivity index (χ4v) is 3.53. The molecule has 140 valence electrons. The zero-order valence-corrected chi connectivity index (χ0v) is 15.2. The van der Waals surface area contributed by atoms with Crippen LogP contribution in [0.2, 0.25) is 0 Å². The highest BCUT2D eigenvalue weighted by molar-refractivity contribution is 5.76. The monoisotopic (exact) mass is 346 g/mol. The number of carbonyl (C=O) groups excluding carboxylic acids is 1. The van der Waals surface area contributed by atoms with Gasteiger partial charge in [-0.25, -0.2) is 4.79 Å². The first-order chi connectivity index (χ1) is 10.9. The zero-order valence-electron chi connectivity index (χ0n) is 15.2. The van der Waals surface area contributed by atoms with Crippen molar-refractivity contribution < 1.29 is 34.3 Å². The van der Waals surface area contributed by atoms with Crippen LogP contribution >= 0.6 is 0 Å². The Hall–Kier alpha value is -0.730. The molecule has 5 atom stereocenters. The molecule has 0 spiro atoms. The van der Waals surface area contributed by atoms with Crippen molar-refractivity contribution in [3.63, 3.8) is 0 Å². The van der Waals surface area contributed by atoms with E-state index in [1.807, 2.05) is 6.92 Å². The molecule has 0 aromatic heterocycles. The van der Waals surface area contributed by atoms with Crippen molar-refractivity contribution >= 4 is 5.97 Å². The first-order valence-electron chi connectivity index (χ1n) is 8.54. The highest BCUT2D eigenvalue weighted by atomic mass is 16.7. The lowest BCUT2D eigenvalue weighted by molar-refractivity contribution is -0.310. The Labute approximate surface area is 142 Å². The quantitative estimate of drug-likeness (QED) is 0.635. The molecule has 0 aromatic rings. The normalized spacial score (nSPS) is 41.4. The summed E-state index contributed by atoms with van der Waals surface area (Å²) in [5.74, 6) is -2.35. The van der Waals surface area contributed by atoms with Gasteiger partial charge in [-0.3, -0.25) is 0 Å². The van der Waals surface area contributed by atoms with Gasteiger partial charge >= 0.3 is 5.97 Å². The number of hydrogen-bond acceptors (Lipinski definition) is 7. The van der Waals surface area contributed by atoms with E-state index in [-0.39, 0.29) is 13.0 Å². The molecule has 24 heavy (non-hydrogen) atoms. The van der Waals surface area contributed by atoms with E-state index >= 15 is 0 Å². The molecule has 0 amide bonds. The van der Waals surface area contributed by atoms with Crippen molar-refractivity contribution in [1.82, 2.24) is 0 Å². The first-order valence-corrected chi connectivity index (χ1v) is 8.54. The van der Waals surface area contributed by atoms with E-state index in [1.54, 1.807) is 13.8 Å². The summed E-state index contributed by atoms with van der Waals surface area (Å²) in [6, 6.07) is 0. The highest BCUT2D eigenvalue weighted by Gasteiger charge is 2.59. The Balaban J connectivity index is 2.09. The fraction of sp³-hybridized carbons (Fsp3) is 0.941. The van der Waals surface area contributed by atoms with E-state index in [9.17, 15) is 20.1 Å². The van der Waals surface area contributed by atoms with Crippen molar-refractivity contribution in [2.75, 3.05) is 6.61 Å². The summed E-state index contributed by atoms with van der Waals surface area (Å²) in [6.07, 6.45) is 0.0556. The van der Waals surface area contributed by atoms with Crippen LogP contribution in [0, 0.1) is 0 Å². The van der Waals surface area contributed by atoms with Crippen LogP contribution in [0.1, 0.15) is 60.3 Å². The molecule has 2 aliphatic heterocycles. The average molecular weight is 346 g/mol. The molecular weight excluding hydrogens is 316 g/mol. The largest absolute Gasteiger partial charge is 0.464 e. The van der Waals surface area contributed by atoms with Crippen LogP contribution in [0.15, 0.2) is 0 Å². The molecule has 7 nitrogen and oxygen atoms in total. The fourth-order valence-electron chi connectivity index (χ4n) is 3.53. The molecule has 7 heteroatoms. The second-order valence-corrected chi connectivity index (χ2v) is 7.87. The van der Waals surface area contributed by atoms with Gasteiger partial charge in [-0.05, 0) is 53.9 Å². The molecule has 0 aliphatic carbocycles. The van der Waals surface area contributed by atoms with Gasteiger partial charge < -0.3 is 29.5 Å². The molecule has 3 N–H and O–H groups in total. The van der Waals surface area contributed by atoms with Gasteiger partial charge in [0, 0.05) is 6.42 Å². The Kier molecular flexibility index (Phi) is 5.07. The van der Waals surface area contributed by atoms with Crippen molar-refractivity contribution in [3.05, 3.63) is 0 Å². The van der Waals surface area contributed by atoms with Crippen molar-refractivity contribution in [1.29, 1.82) is 0 Å². The van der Waals surface area contributed by atoms with Gasteiger partial charge in [0.05, 0.1) is 18.3 Å². The van der Waals surface area contributed by atoms with Crippen molar-refractivity contribution in [3.8, 4) is 0 Å². The number of ether oxygens (including phenoxy) is 3. The standard InChI is InChI=1S/C17H30O7/c1-6-22-13(19)12(18)16(5)8-7-11(23-16)15(4)9-10-17(21,24-15)14(2,3)20/h11-12,18,20-21H,6-10H2,1-5H3/t11-,12+,15+,16+,17?/m1/s1. The molecule has 2 heterocycles. The summed E-state index contributed by atoms with van der Waals surface area (Å²) in [7, 11) is 0. The Bertz CT molecular complexity index is 488. The minimum atomic E-state index is -1.65. The lowest BCUT2D eigenvalue weighted by atomic mass is 9.89. The maximum atomic E-state index is 11.8. The van der Waals surface area contributed by atoms with E-state index in [2.05, 4.69) is 0 Å².